The Morgan fingerprint density at radius 2 is 0.897 bits per heavy atom. The van der Waals surface area contributed by atoms with E-state index in [9.17, 15) is 35.9 Å². The van der Waals surface area contributed by atoms with Gasteiger partial charge in [-0.25, -0.2) is 0 Å². The molecule has 0 aromatic heterocycles. The monoisotopic (exact) mass is 544 g/mol. The molecule has 2 N–H and O–H groups in total. The van der Waals surface area contributed by atoms with Gasteiger partial charge >= 0.3 is 12.4 Å². The molecule has 0 heterocycles. The maximum absolute atomic E-state index is 12.9. The standard InChI is InChI=1S/C28H18F6N2O3/c29-27(30,31)19-3-1-5-21(15-19)35-25(37)17-7-11-23(12-8-17)39-24-13-9-18(10-14-24)26(38)36-22-6-2-4-20(16-22)28(32,33)34/h1-16H,(H,35,37)(H,36,38). The van der Waals surface area contributed by atoms with E-state index >= 15 is 0 Å². The van der Waals surface area contributed by atoms with Crippen LogP contribution >= 0.6 is 0 Å². The Labute approximate surface area is 218 Å². The molecule has 2 amide bonds. The molecule has 0 atom stereocenters. The number of nitrogens with one attached hydrogen (secondary N) is 2. The second kappa shape index (κ2) is 10.9. The third kappa shape index (κ3) is 7.16. The number of carbonyl (C=O) groups is 2. The number of hydrogen-bond acceptors (Lipinski definition) is 3. The quantitative estimate of drug-likeness (QED) is 0.242. The number of alkyl halides is 6. The van der Waals surface area contributed by atoms with E-state index < -0.39 is 35.3 Å². The largest absolute Gasteiger partial charge is 0.457 e. The molecule has 0 saturated heterocycles. The number of carbonyl (C=O) groups excluding carboxylic acids is 2. The lowest BCUT2D eigenvalue weighted by atomic mass is 10.1. The summed E-state index contributed by atoms with van der Waals surface area (Å²) in [5, 5.41) is 4.82. The first-order valence-corrected chi connectivity index (χ1v) is 11.2. The van der Waals surface area contributed by atoms with Gasteiger partial charge in [0.15, 0.2) is 0 Å². The van der Waals surface area contributed by atoms with E-state index in [1.807, 2.05) is 0 Å². The molecule has 11 heteroatoms. The van der Waals surface area contributed by atoms with Gasteiger partial charge in [-0.3, -0.25) is 9.59 Å². The fourth-order valence-corrected chi connectivity index (χ4v) is 3.44. The number of anilines is 2. The van der Waals surface area contributed by atoms with Crippen molar-refractivity contribution in [1.82, 2.24) is 0 Å². The summed E-state index contributed by atoms with van der Waals surface area (Å²) >= 11 is 0. The highest BCUT2D eigenvalue weighted by atomic mass is 19.4. The zero-order valence-corrected chi connectivity index (χ0v) is 19.7. The van der Waals surface area contributed by atoms with Gasteiger partial charge in [0.2, 0.25) is 0 Å². The van der Waals surface area contributed by atoms with Crippen molar-refractivity contribution in [2.24, 2.45) is 0 Å². The predicted molar refractivity (Wildman–Crippen MR) is 132 cm³/mol. The van der Waals surface area contributed by atoms with E-state index in [2.05, 4.69) is 10.6 Å². The Hall–Kier alpha value is -4.80. The molecule has 0 spiro atoms. The third-order valence-corrected chi connectivity index (χ3v) is 5.36. The first-order valence-electron chi connectivity index (χ1n) is 11.2. The summed E-state index contributed by atoms with van der Waals surface area (Å²) < 4.78 is 82.9. The number of halogens is 6. The highest BCUT2D eigenvalue weighted by Gasteiger charge is 2.31. The zero-order valence-electron chi connectivity index (χ0n) is 19.7. The van der Waals surface area contributed by atoms with Crippen LogP contribution in [0.4, 0.5) is 37.7 Å². The fraction of sp³-hybridized carbons (Fsp3) is 0.0714. The van der Waals surface area contributed by atoms with Gasteiger partial charge < -0.3 is 15.4 Å². The first-order chi connectivity index (χ1) is 18.4. The van der Waals surface area contributed by atoms with Crippen LogP contribution in [0.15, 0.2) is 97.1 Å². The van der Waals surface area contributed by atoms with Gasteiger partial charge in [0.25, 0.3) is 11.8 Å². The van der Waals surface area contributed by atoms with Crippen LogP contribution in [0.3, 0.4) is 0 Å². The lowest BCUT2D eigenvalue weighted by molar-refractivity contribution is -0.138. The Balaban J connectivity index is 1.36. The summed E-state index contributed by atoms with van der Waals surface area (Å²) in [5.74, 6) is -0.549. The molecule has 0 bridgehead atoms. The lowest BCUT2D eigenvalue weighted by Gasteiger charge is -2.11. The molecule has 0 aliphatic carbocycles. The fourth-order valence-electron chi connectivity index (χ4n) is 3.44. The summed E-state index contributed by atoms with van der Waals surface area (Å²) in [5.41, 5.74) is -1.42. The number of rotatable bonds is 6. The Morgan fingerprint density at radius 1 is 0.538 bits per heavy atom. The topological polar surface area (TPSA) is 67.4 Å². The molecule has 0 saturated carbocycles. The lowest BCUT2D eigenvalue weighted by Crippen LogP contribution is -2.13. The van der Waals surface area contributed by atoms with Gasteiger partial charge in [-0.2, -0.15) is 26.3 Å². The second-order valence-corrected chi connectivity index (χ2v) is 8.22. The van der Waals surface area contributed by atoms with Crippen LogP contribution in [0.25, 0.3) is 0 Å². The molecule has 0 fully saturated rings. The van der Waals surface area contributed by atoms with Crippen molar-refractivity contribution in [3.63, 3.8) is 0 Å². The van der Waals surface area contributed by atoms with Crippen molar-refractivity contribution in [2.75, 3.05) is 10.6 Å². The SMILES string of the molecule is O=C(Nc1cccc(C(F)(F)F)c1)c1ccc(Oc2ccc(C(=O)Nc3cccc(C(F)(F)F)c3)cc2)cc1. The van der Waals surface area contributed by atoms with Gasteiger partial charge in [-0.05, 0) is 84.9 Å². The van der Waals surface area contributed by atoms with Gasteiger partial charge in [0.1, 0.15) is 11.5 Å². The van der Waals surface area contributed by atoms with Crippen LogP contribution in [0.5, 0.6) is 11.5 Å². The Bertz CT molecular complexity index is 1370. The summed E-state index contributed by atoms with van der Waals surface area (Å²) in [7, 11) is 0. The summed E-state index contributed by atoms with van der Waals surface area (Å²) in [6, 6.07) is 20.2. The van der Waals surface area contributed by atoms with Crippen molar-refractivity contribution in [3.05, 3.63) is 119 Å². The van der Waals surface area contributed by atoms with E-state index in [0.29, 0.717) is 11.5 Å². The van der Waals surface area contributed by atoms with Crippen molar-refractivity contribution >= 4 is 23.2 Å². The first kappa shape index (κ1) is 27.2. The van der Waals surface area contributed by atoms with Crippen molar-refractivity contribution in [1.29, 1.82) is 0 Å². The number of hydrogen-bond donors (Lipinski definition) is 2. The Morgan fingerprint density at radius 3 is 1.23 bits per heavy atom. The molecule has 5 nitrogen and oxygen atoms in total. The minimum absolute atomic E-state index is 0.00710. The maximum atomic E-state index is 12.9. The molecule has 0 aliphatic rings. The molecule has 4 rings (SSSR count). The molecule has 0 unspecified atom stereocenters. The molecular weight excluding hydrogens is 526 g/mol. The number of amides is 2. The van der Waals surface area contributed by atoms with E-state index in [4.69, 9.17) is 4.74 Å². The molecule has 4 aromatic carbocycles. The van der Waals surface area contributed by atoms with Crippen LogP contribution in [-0.4, -0.2) is 11.8 Å². The zero-order chi connectivity index (χ0) is 28.2. The molecule has 0 aliphatic heterocycles. The van der Waals surface area contributed by atoms with E-state index in [-0.39, 0.29) is 22.5 Å². The van der Waals surface area contributed by atoms with Crippen molar-refractivity contribution < 1.29 is 40.7 Å². The van der Waals surface area contributed by atoms with Gasteiger partial charge in [0, 0.05) is 22.5 Å². The van der Waals surface area contributed by atoms with Crippen LogP contribution in [0, 0.1) is 0 Å². The maximum Gasteiger partial charge on any atom is 0.416 e. The number of benzene rings is 4. The average Bonchev–Trinajstić information content (AvgIpc) is 2.89. The van der Waals surface area contributed by atoms with Crippen LogP contribution in [0.1, 0.15) is 31.8 Å². The second-order valence-electron chi connectivity index (χ2n) is 8.22. The molecule has 4 aromatic rings. The minimum Gasteiger partial charge on any atom is -0.457 e. The summed E-state index contributed by atoms with van der Waals surface area (Å²) in [6.45, 7) is 0. The van der Waals surface area contributed by atoms with Crippen LogP contribution in [-0.2, 0) is 12.4 Å². The molecule has 0 radical (unpaired) electrons. The van der Waals surface area contributed by atoms with Crippen molar-refractivity contribution in [3.8, 4) is 11.5 Å². The van der Waals surface area contributed by atoms with E-state index in [1.54, 1.807) is 0 Å². The highest BCUT2D eigenvalue weighted by Crippen LogP contribution is 2.32. The van der Waals surface area contributed by atoms with Gasteiger partial charge in [-0.15, -0.1) is 0 Å². The van der Waals surface area contributed by atoms with Crippen LogP contribution < -0.4 is 15.4 Å². The molecule has 39 heavy (non-hydrogen) atoms. The average molecular weight is 544 g/mol. The van der Waals surface area contributed by atoms with Crippen molar-refractivity contribution in [2.45, 2.75) is 12.4 Å². The predicted octanol–water partition coefficient (Wildman–Crippen LogP) is 8.02. The minimum atomic E-state index is -4.54. The number of ether oxygens (including phenoxy) is 1. The molecular formula is C28H18F6N2O3. The third-order valence-electron chi connectivity index (χ3n) is 5.36. The smallest absolute Gasteiger partial charge is 0.416 e. The summed E-state index contributed by atoms with van der Waals surface area (Å²) in [4.78, 5) is 24.8. The normalized spacial score (nSPS) is 11.5. The Kier molecular flexibility index (Phi) is 7.61. The highest BCUT2D eigenvalue weighted by molar-refractivity contribution is 6.05. The van der Waals surface area contributed by atoms with E-state index in [0.717, 1.165) is 24.3 Å². The van der Waals surface area contributed by atoms with Gasteiger partial charge in [-0.1, -0.05) is 12.1 Å². The molecule has 200 valence electrons. The van der Waals surface area contributed by atoms with E-state index in [1.165, 1.54) is 72.8 Å². The van der Waals surface area contributed by atoms with Gasteiger partial charge in [0.05, 0.1) is 11.1 Å². The van der Waals surface area contributed by atoms with Crippen LogP contribution in [0.2, 0.25) is 0 Å². The summed E-state index contributed by atoms with van der Waals surface area (Å²) in [6.07, 6.45) is -9.07.